The van der Waals surface area contributed by atoms with Gasteiger partial charge in [0, 0.05) is 16.9 Å². The van der Waals surface area contributed by atoms with Crippen LogP contribution in [0.4, 0.5) is 0 Å². The van der Waals surface area contributed by atoms with Crippen LogP contribution in [0.15, 0.2) is 35.9 Å². The summed E-state index contributed by atoms with van der Waals surface area (Å²) in [5.74, 6) is 0.416. The molecule has 5 aliphatic carbocycles. The maximum absolute atomic E-state index is 13.1. The first-order chi connectivity index (χ1) is 21.1. The van der Waals surface area contributed by atoms with Crippen molar-refractivity contribution < 1.29 is 34.7 Å². The number of aromatic hydroxyl groups is 1. The van der Waals surface area contributed by atoms with Gasteiger partial charge in [-0.3, -0.25) is 0 Å². The number of fused-ring (bicyclic) bond motifs is 5. The molecule has 0 aromatic heterocycles. The highest BCUT2D eigenvalue weighted by Crippen LogP contribution is 2.71. The van der Waals surface area contributed by atoms with E-state index in [1.165, 1.54) is 31.2 Å². The number of rotatable bonds is 5. The van der Waals surface area contributed by atoms with Gasteiger partial charge in [-0.25, -0.2) is 4.79 Å². The van der Waals surface area contributed by atoms with E-state index in [0.29, 0.717) is 29.6 Å². The summed E-state index contributed by atoms with van der Waals surface area (Å²) in [5.41, 5.74) is 1.15. The lowest BCUT2D eigenvalue weighted by atomic mass is 9.37. The van der Waals surface area contributed by atoms with Gasteiger partial charge in [0.05, 0.1) is 25.9 Å². The number of allylic oxidation sites excluding steroid dienone is 1. The van der Waals surface area contributed by atoms with Crippen LogP contribution in [-0.4, -0.2) is 58.4 Å². The molecule has 4 saturated carbocycles. The number of benzene rings is 1. The van der Waals surface area contributed by atoms with Crippen LogP contribution in [0.2, 0.25) is 0 Å². The van der Waals surface area contributed by atoms with E-state index in [9.17, 15) is 25.2 Å². The zero-order chi connectivity index (χ0) is 32.6. The average molecular weight is 623 g/mol. The SMILES string of the molecule is COc1cc(/C=C/C(=O)O[C@H]2[C@H](O)C[C@@]3(C)[C@@H](CC[C@]4(C)[C@@H]3CC=C3[C@@H](O)[C@]5(CC[C@H]34)CCC(C)(C)C5)[C@]2(C)CO)ccc1O. The molecule has 0 bridgehead atoms. The van der Waals surface area contributed by atoms with Crippen molar-refractivity contribution in [3.05, 3.63) is 41.5 Å². The summed E-state index contributed by atoms with van der Waals surface area (Å²) in [6.45, 7) is 11.2. The fourth-order valence-electron chi connectivity index (χ4n) is 11.7. The van der Waals surface area contributed by atoms with Crippen LogP contribution in [-0.2, 0) is 9.53 Å². The Hall–Kier alpha value is -2.35. The topological polar surface area (TPSA) is 116 Å². The molecule has 0 radical (unpaired) electrons. The van der Waals surface area contributed by atoms with Gasteiger partial charge in [-0.2, -0.15) is 0 Å². The Kier molecular flexibility index (Phi) is 8.06. The van der Waals surface area contributed by atoms with Gasteiger partial charge in [0.15, 0.2) is 11.5 Å². The van der Waals surface area contributed by atoms with E-state index >= 15 is 0 Å². The maximum atomic E-state index is 13.1. The highest BCUT2D eigenvalue weighted by atomic mass is 16.6. The average Bonchev–Trinajstić information content (AvgIpc) is 3.31. The van der Waals surface area contributed by atoms with Gasteiger partial charge >= 0.3 is 5.97 Å². The van der Waals surface area contributed by atoms with E-state index in [2.05, 4.69) is 33.8 Å². The Morgan fingerprint density at radius 1 is 1.00 bits per heavy atom. The van der Waals surface area contributed by atoms with Crippen molar-refractivity contribution in [1.29, 1.82) is 0 Å². The minimum Gasteiger partial charge on any atom is -0.504 e. The van der Waals surface area contributed by atoms with E-state index in [1.54, 1.807) is 18.2 Å². The normalized spacial score (nSPS) is 43.7. The molecule has 1 aromatic rings. The molecule has 1 aromatic carbocycles. The molecule has 45 heavy (non-hydrogen) atoms. The summed E-state index contributed by atoms with van der Waals surface area (Å²) in [6, 6.07) is 4.80. The number of phenolic OH excluding ortho intramolecular Hbond substituents is 1. The van der Waals surface area contributed by atoms with Crippen molar-refractivity contribution in [3.8, 4) is 11.5 Å². The third kappa shape index (κ3) is 5.07. The lowest BCUT2D eigenvalue weighted by Crippen LogP contribution is -2.67. The lowest BCUT2D eigenvalue weighted by molar-refractivity contribution is -0.241. The second-order valence-corrected chi connectivity index (χ2v) is 16.8. The summed E-state index contributed by atoms with van der Waals surface area (Å²) in [4.78, 5) is 13.1. The third-order valence-corrected chi connectivity index (χ3v) is 13.7. The summed E-state index contributed by atoms with van der Waals surface area (Å²) in [5, 5.41) is 44.4. The Labute approximate surface area is 268 Å². The Morgan fingerprint density at radius 3 is 2.42 bits per heavy atom. The largest absolute Gasteiger partial charge is 0.504 e. The van der Waals surface area contributed by atoms with Crippen LogP contribution in [0.5, 0.6) is 11.5 Å². The minimum atomic E-state index is -0.914. The van der Waals surface area contributed by atoms with Crippen molar-refractivity contribution in [2.24, 2.45) is 44.8 Å². The standard InChI is InChI=1S/C38H54O7/c1-34(2)17-18-38(21-34)16-13-25-24(32(38)43)9-11-29-35(25,3)15-14-30-36(29,4)20-27(41)33(37(30,5)22-39)45-31(42)12-8-23-7-10-26(40)28(19-23)44-6/h7-10,12,19,25,27,29-30,32-33,39-41,43H,11,13-18,20-22H2,1-6H3/b12-8+/t25-,27-,29+,30-,32-,33+,35+,36-,37+,38-/m1/s1. The van der Waals surface area contributed by atoms with Crippen molar-refractivity contribution in [1.82, 2.24) is 0 Å². The number of carbonyl (C=O) groups excluding carboxylic acids is 1. The molecule has 6 rings (SSSR count). The smallest absolute Gasteiger partial charge is 0.331 e. The van der Waals surface area contributed by atoms with E-state index in [4.69, 9.17) is 9.47 Å². The number of methoxy groups -OCH3 is 1. The second kappa shape index (κ2) is 11.1. The highest BCUT2D eigenvalue weighted by Gasteiger charge is 2.67. The molecule has 4 fully saturated rings. The predicted octanol–water partition coefficient (Wildman–Crippen LogP) is 6.43. The Balaban J connectivity index is 1.23. The first kappa shape index (κ1) is 32.6. The molecule has 7 heteroatoms. The molecular formula is C38H54O7. The number of carbonyl (C=O) groups is 1. The molecular weight excluding hydrogens is 568 g/mol. The molecule has 0 saturated heterocycles. The molecule has 1 spiro atoms. The van der Waals surface area contributed by atoms with Crippen LogP contribution in [0, 0.1) is 44.8 Å². The van der Waals surface area contributed by atoms with Crippen molar-refractivity contribution >= 4 is 12.0 Å². The van der Waals surface area contributed by atoms with Crippen molar-refractivity contribution in [2.45, 2.75) is 111 Å². The molecule has 0 heterocycles. The number of aliphatic hydroxyl groups excluding tert-OH is 3. The Morgan fingerprint density at radius 2 is 1.76 bits per heavy atom. The summed E-state index contributed by atoms with van der Waals surface area (Å²) in [6.07, 6.45) is 11.9. The molecule has 0 amide bonds. The first-order valence-corrected chi connectivity index (χ1v) is 17.1. The maximum Gasteiger partial charge on any atom is 0.331 e. The van der Waals surface area contributed by atoms with Gasteiger partial charge in [-0.15, -0.1) is 0 Å². The van der Waals surface area contributed by atoms with E-state index < -0.39 is 23.6 Å². The van der Waals surface area contributed by atoms with Gasteiger partial charge in [-0.05, 0) is 121 Å². The molecule has 5 aliphatic rings. The van der Waals surface area contributed by atoms with Crippen LogP contribution in [0.1, 0.15) is 98.0 Å². The molecule has 0 unspecified atom stereocenters. The van der Waals surface area contributed by atoms with Gasteiger partial charge in [-0.1, -0.05) is 46.8 Å². The number of hydrogen-bond acceptors (Lipinski definition) is 7. The number of esters is 1. The van der Waals surface area contributed by atoms with Crippen molar-refractivity contribution in [3.63, 3.8) is 0 Å². The fraction of sp³-hybridized carbons (Fsp3) is 0.711. The Bertz CT molecular complexity index is 1380. The second-order valence-electron chi connectivity index (χ2n) is 16.8. The summed E-state index contributed by atoms with van der Waals surface area (Å²) < 4.78 is 11.1. The summed E-state index contributed by atoms with van der Waals surface area (Å²) in [7, 11) is 1.46. The third-order valence-electron chi connectivity index (χ3n) is 13.7. The van der Waals surface area contributed by atoms with Crippen molar-refractivity contribution in [2.75, 3.05) is 13.7 Å². The number of hydrogen-bond donors (Lipinski definition) is 4. The van der Waals surface area contributed by atoms with Crippen LogP contribution >= 0.6 is 0 Å². The van der Waals surface area contributed by atoms with Crippen LogP contribution in [0.25, 0.3) is 6.08 Å². The van der Waals surface area contributed by atoms with Crippen LogP contribution < -0.4 is 4.74 Å². The molecule has 10 atom stereocenters. The molecule has 7 nitrogen and oxygen atoms in total. The van der Waals surface area contributed by atoms with E-state index in [0.717, 1.165) is 44.9 Å². The van der Waals surface area contributed by atoms with Gasteiger partial charge in [0.25, 0.3) is 0 Å². The molecule has 4 N–H and O–H groups in total. The van der Waals surface area contributed by atoms with Gasteiger partial charge in [0.1, 0.15) is 6.10 Å². The monoisotopic (exact) mass is 622 g/mol. The minimum absolute atomic E-state index is 0.000440. The van der Waals surface area contributed by atoms with Gasteiger partial charge in [0.2, 0.25) is 0 Å². The zero-order valence-corrected chi connectivity index (χ0v) is 28.0. The van der Waals surface area contributed by atoms with E-state index in [1.807, 2.05) is 6.92 Å². The fourth-order valence-corrected chi connectivity index (χ4v) is 11.7. The molecule has 0 aliphatic heterocycles. The quantitative estimate of drug-likeness (QED) is 0.170. The molecule has 248 valence electrons. The zero-order valence-electron chi connectivity index (χ0n) is 28.0. The summed E-state index contributed by atoms with van der Waals surface area (Å²) >= 11 is 0. The van der Waals surface area contributed by atoms with Crippen LogP contribution in [0.3, 0.4) is 0 Å². The number of aliphatic hydroxyl groups is 3. The lowest BCUT2D eigenvalue weighted by Gasteiger charge is -2.68. The van der Waals surface area contributed by atoms with Gasteiger partial charge < -0.3 is 29.9 Å². The number of ether oxygens (including phenoxy) is 2. The first-order valence-electron chi connectivity index (χ1n) is 17.1. The highest BCUT2D eigenvalue weighted by molar-refractivity contribution is 5.87. The predicted molar refractivity (Wildman–Crippen MR) is 173 cm³/mol. The number of phenols is 1. The van der Waals surface area contributed by atoms with E-state index in [-0.39, 0.29) is 46.0 Å².